The smallest absolute Gasteiger partial charge is 0.132 e. The van der Waals surface area contributed by atoms with E-state index < -0.39 is 0 Å². The second kappa shape index (κ2) is 6.39. The fourth-order valence-electron chi connectivity index (χ4n) is 2.14. The van der Waals surface area contributed by atoms with Crippen LogP contribution in [0.25, 0.3) is 0 Å². The van der Waals surface area contributed by atoms with Crippen molar-refractivity contribution in [3.8, 4) is 11.5 Å². The molecule has 0 saturated heterocycles. The predicted octanol–water partition coefficient (Wildman–Crippen LogP) is 5.46. The van der Waals surface area contributed by atoms with Crippen LogP contribution in [0.5, 0.6) is 11.5 Å². The Hall–Kier alpha value is -1.03. The predicted molar refractivity (Wildman–Crippen MR) is 90.3 cm³/mol. The number of aryl methyl sites for hydroxylation is 1. The number of benzene rings is 2. The van der Waals surface area contributed by atoms with Crippen LogP contribution in [-0.4, -0.2) is 6.04 Å². The summed E-state index contributed by atoms with van der Waals surface area (Å²) >= 11 is 9.61. The molecule has 0 aliphatic heterocycles. The van der Waals surface area contributed by atoms with Crippen molar-refractivity contribution in [2.75, 3.05) is 0 Å². The van der Waals surface area contributed by atoms with Gasteiger partial charge in [-0.2, -0.15) is 0 Å². The highest BCUT2D eigenvalue weighted by Gasteiger charge is 2.20. The molecule has 0 radical (unpaired) electrons. The van der Waals surface area contributed by atoms with Crippen LogP contribution in [0.15, 0.2) is 40.9 Å². The van der Waals surface area contributed by atoms with Crippen molar-refractivity contribution < 1.29 is 4.74 Å². The molecule has 2 aromatic rings. The zero-order valence-electron chi connectivity index (χ0n) is 11.8. The van der Waals surface area contributed by atoms with Crippen molar-refractivity contribution in [2.45, 2.75) is 32.4 Å². The van der Waals surface area contributed by atoms with Crippen molar-refractivity contribution >= 4 is 27.5 Å². The SMILES string of the molecule is Cc1cc(Oc2ccc(Cl)cc2CNC2CC2)ccc1Br. The summed E-state index contributed by atoms with van der Waals surface area (Å²) in [5.41, 5.74) is 2.24. The van der Waals surface area contributed by atoms with Crippen LogP contribution in [0, 0.1) is 6.92 Å². The topological polar surface area (TPSA) is 21.3 Å². The van der Waals surface area contributed by atoms with Gasteiger partial charge in [0.05, 0.1) is 0 Å². The summed E-state index contributed by atoms with van der Waals surface area (Å²) in [6, 6.07) is 12.4. The Bertz CT molecular complexity index is 655. The van der Waals surface area contributed by atoms with Gasteiger partial charge in [-0.1, -0.05) is 27.5 Å². The van der Waals surface area contributed by atoms with E-state index in [0.29, 0.717) is 6.04 Å². The second-order valence-corrected chi connectivity index (χ2v) is 6.71. The lowest BCUT2D eigenvalue weighted by atomic mass is 10.2. The molecule has 1 aliphatic carbocycles. The lowest BCUT2D eigenvalue weighted by Crippen LogP contribution is -2.15. The van der Waals surface area contributed by atoms with E-state index in [1.807, 2.05) is 43.3 Å². The van der Waals surface area contributed by atoms with E-state index in [1.165, 1.54) is 12.8 Å². The lowest BCUT2D eigenvalue weighted by molar-refractivity contribution is 0.472. The van der Waals surface area contributed by atoms with Gasteiger partial charge in [0.15, 0.2) is 0 Å². The third-order valence-electron chi connectivity index (χ3n) is 3.54. The van der Waals surface area contributed by atoms with Crippen molar-refractivity contribution in [3.05, 3.63) is 57.0 Å². The Balaban J connectivity index is 1.80. The van der Waals surface area contributed by atoms with Crippen LogP contribution in [-0.2, 0) is 6.54 Å². The van der Waals surface area contributed by atoms with Gasteiger partial charge in [-0.3, -0.25) is 0 Å². The number of hydrogen-bond donors (Lipinski definition) is 1. The van der Waals surface area contributed by atoms with Gasteiger partial charge in [0, 0.05) is 27.6 Å². The molecule has 3 rings (SSSR count). The zero-order chi connectivity index (χ0) is 14.8. The highest BCUT2D eigenvalue weighted by atomic mass is 79.9. The fraction of sp³-hybridized carbons (Fsp3) is 0.294. The van der Waals surface area contributed by atoms with Crippen LogP contribution in [0.1, 0.15) is 24.0 Å². The van der Waals surface area contributed by atoms with E-state index in [2.05, 4.69) is 21.2 Å². The summed E-state index contributed by atoms with van der Waals surface area (Å²) in [4.78, 5) is 0. The Kier molecular flexibility index (Phi) is 4.53. The summed E-state index contributed by atoms with van der Waals surface area (Å²) in [5, 5.41) is 4.24. The summed E-state index contributed by atoms with van der Waals surface area (Å²) in [5.74, 6) is 1.69. The monoisotopic (exact) mass is 365 g/mol. The molecule has 0 atom stereocenters. The Morgan fingerprint density at radius 3 is 2.76 bits per heavy atom. The standard InChI is InChI=1S/C17H17BrClNO/c1-11-8-15(5-6-16(11)18)21-17-7-2-13(19)9-12(17)10-20-14-3-4-14/h2,5-9,14,20H,3-4,10H2,1H3. The molecular weight excluding hydrogens is 350 g/mol. The molecule has 110 valence electrons. The molecule has 4 heteroatoms. The lowest BCUT2D eigenvalue weighted by Gasteiger charge is -2.13. The molecule has 1 fully saturated rings. The molecule has 0 aromatic heterocycles. The average Bonchev–Trinajstić information content (AvgIpc) is 3.27. The summed E-state index contributed by atoms with van der Waals surface area (Å²) in [7, 11) is 0. The first-order valence-corrected chi connectivity index (χ1v) is 8.25. The van der Waals surface area contributed by atoms with Gasteiger partial charge in [0.2, 0.25) is 0 Å². The van der Waals surface area contributed by atoms with Crippen LogP contribution >= 0.6 is 27.5 Å². The number of nitrogens with one attached hydrogen (secondary N) is 1. The molecular formula is C17H17BrClNO. The van der Waals surface area contributed by atoms with E-state index in [9.17, 15) is 0 Å². The van der Waals surface area contributed by atoms with Gasteiger partial charge in [-0.25, -0.2) is 0 Å². The summed E-state index contributed by atoms with van der Waals surface area (Å²) in [6.45, 7) is 2.84. The first-order valence-electron chi connectivity index (χ1n) is 7.07. The van der Waals surface area contributed by atoms with Gasteiger partial charge >= 0.3 is 0 Å². The van der Waals surface area contributed by atoms with Crippen molar-refractivity contribution in [2.24, 2.45) is 0 Å². The zero-order valence-corrected chi connectivity index (χ0v) is 14.2. The quantitative estimate of drug-likeness (QED) is 0.759. The molecule has 21 heavy (non-hydrogen) atoms. The van der Waals surface area contributed by atoms with E-state index in [0.717, 1.165) is 38.7 Å². The number of halogens is 2. The Morgan fingerprint density at radius 2 is 2.05 bits per heavy atom. The molecule has 1 saturated carbocycles. The van der Waals surface area contributed by atoms with Crippen molar-refractivity contribution in [3.63, 3.8) is 0 Å². The highest BCUT2D eigenvalue weighted by molar-refractivity contribution is 9.10. The molecule has 2 nitrogen and oxygen atoms in total. The fourth-order valence-corrected chi connectivity index (χ4v) is 2.58. The van der Waals surface area contributed by atoms with Gasteiger partial charge in [-0.05, 0) is 61.7 Å². The third-order valence-corrected chi connectivity index (χ3v) is 4.66. The molecule has 0 spiro atoms. The minimum Gasteiger partial charge on any atom is -0.457 e. The van der Waals surface area contributed by atoms with Gasteiger partial charge < -0.3 is 10.1 Å². The van der Waals surface area contributed by atoms with Crippen LogP contribution < -0.4 is 10.1 Å². The van der Waals surface area contributed by atoms with Crippen LogP contribution in [0.4, 0.5) is 0 Å². The van der Waals surface area contributed by atoms with Gasteiger partial charge in [0.1, 0.15) is 11.5 Å². The molecule has 2 aromatic carbocycles. The van der Waals surface area contributed by atoms with Crippen LogP contribution in [0.2, 0.25) is 5.02 Å². The maximum atomic E-state index is 6.11. The average molecular weight is 367 g/mol. The first kappa shape index (κ1) is 14.9. The molecule has 1 N–H and O–H groups in total. The number of ether oxygens (including phenoxy) is 1. The van der Waals surface area contributed by atoms with E-state index in [1.54, 1.807) is 0 Å². The summed E-state index contributed by atoms with van der Waals surface area (Å²) < 4.78 is 7.12. The van der Waals surface area contributed by atoms with Gasteiger partial charge in [0.25, 0.3) is 0 Å². The summed E-state index contributed by atoms with van der Waals surface area (Å²) in [6.07, 6.45) is 2.53. The minimum absolute atomic E-state index is 0.659. The largest absolute Gasteiger partial charge is 0.457 e. The van der Waals surface area contributed by atoms with Crippen LogP contribution in [0.3, 0.4) is 0 Å². The van der Waals surface area contributed by atoms with Crippen molar-refractivity contribution in [1.82, 2.24) is 5.32 Å². The van der Waals surface area contributed by atoms with E-state index >= 15 is 0 Å². The second-order valence-electron chi connectivity index (χ2n) is 5.42. The molecule has 0 heterocycles. The Labute approximate surface area is 138 Å². The third kappa shape index (κ3) is 4.00. The molecule has 0 amide bonds. The maximum absolute atomic E-state index is 6.11. The Morgan fingerprint density at radius 1 is 1.24 bits per heavy atom. The number of hydrogen-bond acceptors (Lipinski definition) is 2. The minimum atomic E-state index is 0.659. The first-order chi connectivity index (χ1) is 10.1. The number of rotatable bonds is 5. The molecule has 0 unspecified atom stereocenters. The van der Waals surface area contributed by atoms with Gasteiger partial charge in [-0.15, -0.1) is 0 Å². The maximum Gasteiger partial charge on any atom is 0.132 e. The molecule has 0 bridgehead atoms. The van der Waals surface area contributed by atoms with Crippen molar-refractivity contribution in [1.29, 1.82) is 0 Å². The molecule has 1 aliphatic rings. The van der Waals surface area contributed by atoms with E-state index in [4.69, 9.17) is 16.3 Å². The highest BCUT2D eigenvalue weighted by Crippen LogP contribution is 2.31. The normalized spacial score (nSPS) is 14.2. The van der Waals surface area contributed by atoms with E-state index in [-0.39, 0.29) is 0 Å².